The van der Waals surface area contributed by atoms with Gasteiger partial charge in [-0.15, -0.1) is 0 Å². The Labute approximate surface area is 124 Å². The van der Waals surface area contributed by atoms with E-state index in [9.17, 15) is 13.2 Å². The zero-order valence-corrected chi connectivity index (χ0v) is 12.6. The van der Waals surface area contributed by atoms with Crippen LogP contribution >= 0.6 is 0 Å². The second kappa shape index (κ2) is 5.97. The molecule has 21 heavy (non-hydrogen) atoms. The molecule has 0 saturated carbocycles. The molecule has 0 spiro atoms. The Balaban J connectivity index is 2.12. The van der Waals surface area contributed by atoms with Crippen LogP contribution in [0.4, 0.5) is 13.2 Å². The Morgan fingerprint density at radius 1 is 1.29 bits per heavy atom. The van der Waals surface area contributed by atoms with Gasteiger partial charge in [-0.25, -0.2) is 0 Å². The van der Waals surface area contributed by atoms with E-state index in [0.29, 0.717) is 6.54 Å². The van der Waals surface area contributed by atoms with Crippen LogP contribution in [0.2, 0.25) is 0 Å². The highest BCUT2D eigenvalue weighted by Crippen LogP contribution is 2.35. The van der Waals surface area contributed by atoms with Gasteiger partial charge in [0.2, 0.25) is 0 Å². The van der Waals surface area contributed by atoms with Crippen molar-refractivity contribution in [1.29, 1.82) is 0 Å². The largest absolute Gasteiger partial charge is 0.416 e. The van der Waals surface area contributed by atoms with Crippen LogP contribution < -0.4 is 5.73 Å². The standard InChI is InChI=1S/C16H23F3N2/c1-15(2)8-5-9-21(11-15)10-14(20)12-6-3-4-7-13(12)16(17,18)19/h3-4,6-7,14H,5,8-11,20H2,1-2H3. The molecular formula is C16H23F3N2. The quantitative estimate of drug-likeness (QED) is 0.919. The maximum atomic E-state index is 13.0. The van der Waals surface area contributed by atoms with E-state index in [1.165, 1.54) is 12.1 Å². The second-order valence-electron chi connectivity index (χ2n) is 6.69. The Morgan fingerprint density at radius 2 is 1.95 bits per heavy atom. The number of piperidine rings is 1. The third-order valence-corrected chi connectivity index (χ3v) is 4.10. The molecule has 2 nitrogen and oxygen atoms in total. The molecule has 1 unspecified atom stereocenters. The molecule has 0 aromatic heterocycles. The van der Waals surface area contributed by atoms with Crippen molar-refractivity contribution in [3.05, 3.63) is 35.4 Å². The summed E-state index contributed by atoms with van der Waals surface area (Å²) in [5.41, 5.74) is 5.85. The Bertz CT molecular complexity index is 483. The number of benzene rings is 1. The van der Waals surface area contributed by atoms with Crippen LogP contribution in [-0.4, -0.2) is 24.5 Å². The number of nitrogens with zero attached hydrogens (tertiary/aromatic N) is 1. The maximum absolute atomic E-state index is 13.0. The molecule has 1 saturated heterocycles. The molecule has 0 amide bonds. The fourth-order valence-corrected chi connectivity index (χ4v) is 3.16. The first-order chi connectivity index (χ1) is 9.69. The zero-order valence-electron chi connectivity index (χ0n) is 12.6. The smallest absolute Gasteiger partial charge is 0.323 e. The van der Waals surface area contributed by atoms with Crippen LogP contribution in [0.15, 0.2) is 24.3 Å². The number of likely N-dealkylation sites (tertiary alicyclic amines) is 1. The number of hydrogen-bond donors (Lipinski definition) is 1. The lowest BCUT2D eigenvalue weighted by Gasteiger charge is -2.39. The summed E-state index contributed by atoms with van der Waals surface area (Å²) in [7, 11) is 0. The molecule has 0 radical (unpaired) electrons. The van der Waals surface area contributed by atoms with E-state index in [1.54, 1.807) is 6.07 Å². The molecule has 1 aliphatic rings. The van der Waals surface area contributed by atoms with Crippen molar-refractivity contribution in [2.24, 2.45) is 11.1 Å². The van der Waals surface area contributed by atoms with Gasteiger partial charge in [-0.3, -0.25) is 0 Å². The van der Waals surface area contributed by atoms with Crippen LogP contribution in [0, 0.1) is 5.41 Å². The molecule has 2 rings (SSSR count). The highest BCUT2D eigenvalue weighted by atomic mass is 19.4. The van der Waals surface area contributed by atoms with E-state index in [2.05, 4.69) is 18.7 Å². The topological polar surface area (TPSA) is 29.3 Å². The number of halogens is 3. The molecule has 1 heterocycles. The minimum Gasteiger partial charge on any atom is -0.323 e. The lowest BCUT2D eigenvalue weighted by Crippen LogP contribution is -2.43. The first-order valence-electron chi connectivity index (χ1n) is 7.33. The minimum atomic E-state index is -4.35. The highest BCUT2D eigenvalue weighted by molar-refractivity contribution is 5.32. The number of alkyl halides is 3. The highest BCUT2D eigenvalue weighted by Gasteiger charge is 2.35. The fraction of sp³-hybridized carbons (Fsp3) is 0.625. The van der Waals surface area contributed by atoms with Gasteiger partial charge in [-0.2, -0.15) is 13.2 Å². The van der Waals surface area contributed by atoms with Gasteiger partial charge in [-0.1, -0.05) is 32.0 Å². The molecule has 118 valence electrons. The van der Waals surface area contributed by atoms with Crippen LogP contribution in [-0.2, 0) is 6.18 Å². The summed E-state index contributed by atoms with van der Waals surface area (Å²) < 4.78 is 39.1. The average molecular weight is 300 g/mol. The average Bonchev–Trinajstić information content (AvgIpc) is 2.36. The summed E-state index contributed by atoms with van der Waals surface area (Å²) in [6.07, 6.45) is -2.13. The van der Waals surface area contributed by atoms with E-state index in [1.807, 2.05) is 0 Å². The van der Waals surface area contributed by atoms with Gasteiger partial charge in [0, 0.05) is 19.1 Å². The summed E-state index contributed by atoms with van der Waals surface area (Å²) in [6, 6.07) is 5.00. The normalized spacial score (nSPS) is 21.2. The number of nitrogens with two attached hydrogens (primary N) is 1. The Kier molecular flexibility index (Phi) is 4.63. The minimum absolute atomic E-state index is 0.188. The van der Waals surface area contributed by atoms with Crippen LogP contribution in [0.1, 0.15) is 43.9 Å². The summed E-state index contributed by atoms with van der Waals surface area (Å²) in [5.74, 6) is 0. The molecular weight excluding hydrogens is 277 g/mol. The van der Waals surface area contributed by atoms with Crippen LogP contribution in [0.5, 0.6) is 0 Å². The molecule has 0 bridgehead atoms. The van der Waals surface area contributed by atoms with Crippen molar-refractivity contribution in [3.8, 4) is 0 Å². The Hall–Kier alpha value is -1.07. The van der Waals surface area contributed by atoms with Crippen molar-refractivity contribution < 1.29 is 13.2 Å². The Morgan fingerprint density at radius 3 is 2.57 bits per heavy atom. The molecule has 1 atom stereocenters. The van der Waals surface area contributed by atoms with Gasteiger partial charge in [0.05, 0.1) is 5.56 Å². The fourth-order valence-electron chi connectivity index (χ4n) is 3.16. The van der Waals surface area contributed by atoms with Crippen LogP contribution in [0.25, 0.3) is 0 Å². The van der Waals surface area contributed by atoms with Gasteiger partial charge in [0.25, 0.3) is 0 Å². The molecule has 1 aromatic carbocycles. The second-order valence-corrected chi connectivity index (χ2v) is 6.69. The van der Waals surface area contributed by atoms with Gasteiger partial charge in [0.15, 0.2) is 0 Å². The first-order valence-corrected chi connectivity index (χ1v) is 7.33. The van der Waals surface area contributed by atoms with Crippen molar-refractivity contribution >= 4 is 0 Å². The summed E-state index contributed by atoms with van der Waals surface area (Å²) >= 11 is 0. The van der Waals surface area contributed by atoms with Gasteiger partial charge >= 0.3 is 6.18 Å². The van der Waals surface area contributed by atoms with Gasteiger partial charge in [0.1, 0.15) is 0 Å². The van der Waals surface area contributed by atoms with Crippen molar-refractivity contribution in [2.45, 2.75) is 38.9 Å². The SMILES string of the molecule is CC1(C)CCCN(CC(N)c2ccccc2C(F)(F)F)C1. The lowest BCUT2D eigenvalue weighted by atomic mass is 9.84. The number of hydrogen-bond acceptors (Lipinski definition) is 2. The van der Waals surface area contributed by atoms with E-state index < -0.39 is 17.8 Å². The van der Waals surface area contributed by atoms with Gasteiger partial charge < -0.3 is 10.6 Å². The number of rotatable bonds is 3. The van der Waals surface area contributed by atoms with E-state index in [-0.39, 0.29) is 11.0 Å². The van der Waals surface area contributed by atoms with Crippen molar-refractivity contribution in [1.82, 2.24) is 4.90 Å². The summed E-state index contributed by atoms with van der Waals surface area (Å²) in [4.78, 5) is 2.18. The maximum Gasteiger partial charge on any atom is 0.416 e. The first kappa shape index (κ1) is 16.3. The molecule has 0 aliphatic carbocycles. The monoisotopic (exact) mass is 300 g/mol. The van der Waals surface area contributed by atoms with E-state index in [0.717, 1.165) is 32.0 Å². The summed E-state index contributed by atoms with van der Waals surface area (Å²) in [6.45, 7) is 6.64. The lowest BCUT2D eigenvalue weighted by molar-refractivity contribution is -0.138. The predicted octanol–water partition coefficient (Wildman–Crippen LogP) is 3.83. The summed E-state index contributed by atoms with van der Waals surface area (Å²) in [5, 5.41) is 0. The van der Waals surface area contributed by atoms with E-state index in [4.69, 9.17) is 5.73 Å². The third kappa shape index (κ3) is 4.20. The van der Waals surface area contributed by atoms with Crippen LogP contribution in [0.3, 0.4) is 0 Å². The molecule has 1 aromatic rings. The van der Waals surface area contributed by atoms with E-state index >= 15 is 0 Å². The molecule has 1 aliphatic heterocycles. The third-order valence-electron chi connectivity index (χ3n) is 4.10. The van der Waals surface area contributed by atoms with Crippen molar-refractivity contribution in [2.75, 3.05) is 19.6 Å². The molecule has 5 heteroatoms. The zero-order chi connectivity index (χ0) is 15.7. The van der Waals surface area contributed by atoms with Crippen molar-refractivity contribution in [3.63, 3.8) is 0 Å². The molecule has 1 fully saturated rings. The molecule has 2 N–H and O–H groups in total. The predicted molar refractivity (Wildman–Crippen MR) is 77.8 cm³/mol. The van der Waals surface area contributed by atoms with Gasteiger partial charge in [-0.05, 0) is 36.4 Å².